The minimum atomic E-state index is -0.448. The summed E-state index contributed by atoms with van der Waals surface area (Å²) in [5.41, 5.74) is 0.450. The van der Waals surface area contributed by atoms with Crippen LogP contribution >= 0.6 is 11.3 Å². The fourth-order valence-corrected chi connectivity index (χ4v) is 2.54. The van der Waals surface area contributed by atoms with E-state index in [9.17, 15) is 9.59 Å². The van der Waals surface area contributed by atoms with Crippen LogP contribution in [-0.4, -0.2) is 32.7 Å². The third-order valence-corrected chi connectivity index (χ3v) is 3.82. The molecule has 0 aliphatic rings. The molecule has 0 bridgehead atoms. The quantitative estimate of drug-likeness (QED) is 0.787. The maximum atomic E-state index is 11.9. The molecular weight excluding hydrogens is 318 g/mol. The molecule has 0 saturated heterocycles. The van der Waals surface area contributed by atoms with Crippen LogP contribution in [0, 0.1) is 0 Å². The van der Waals surface area contributed by atoms with Crippen LogP contribution in [-0.2, 0) is 20.7 Å². The molecule has 0 aliphatic heterocycles. The summed E-state index contributed by atoms with van der Waals surface area (Å²) >= 11 is 1.47. The van der Waals surface area contributed by atoms with Crippen molar-refractivity contribution in [3.8, 4) is 11.5 Å². The van der Waals surface area contributed by atoms with Gasteiger partial charge in [-0.15, -0.1) is 11.3 Å². The SMILES string of the molecule is COc1ccc(OC)c(NC(=O)COC(=O)Cc2cccs2)c1. The van der Waals surface area contributed by atoms with Gasteiger partial charge in [-0.25, -0.2) is 0 Å². The second-order valence-electron chi connectivity index (χ2n) is 4.53. The Morgan fingerprint density at radius 2 is 2.00 bits per heavy atom. The van der Waals surface area contributed by atoms with Gasteiger partial charge in [-0.2, -0.15) is 0 Å². The number of benzene rings is 1. The lowest BCUT2D eigenvalue weighted by molar-refractivity contribution is -0.146. The lowest BCUT2D eigenvalue weighted by Gasteiger charge is -2.11. The number of anilines is 1. The van der Waals surface area contributed by atoms with Gasteiger partial charge in [0.25, 0.3) is 5.91 Å². The molecule has 0 atom stereocenters. The number of esters is 1. The zero-order valence-corrected chi connectivity index (χ0v) is 13.6. The van der Waals surface area contributed by atoms with Crippen LogP contribution in [0.15, 0.2) is 35.7 Å². The number of carbonyl (C=O) groups excluding carboxylic acids is 2. The second kappa shape index (κ2) is 8.19. The minimum absolute atomic E-state index is 0.160. The van der Waals surface area contributed by atoms with E-state index in [-0.39, 0.29) is 13.0 Å². The largest absolute Gasteiger partial charge is 0.497 e. The standard InChI is InChI=1S/C16H17NO5S/c1-20-11-5-6-14(21-2)13(8-11)17-15(18)10-22-16(19)9-12-4-3-7-23-12/h3-8H,9-10H2,1-2H3,(H,17,18). The monoisotopic (exact) mass is 335 g/mol. The first kappa shape index (κ1) is 16.8. The molecule has 1 heterocycles. The molecule has 0 aliphatic carbocycles. The van der Waals surface area contributed by atoms with Crippen LogP contribution in [0.4, 0.5) is 5.69 Å². The average molecular weight is 335 g/mol. The average Bonchev–Trinajstić information content (AvgIpc) is 3.05. The lowest BCUT2D eigenvalue weighted by atomic mass is 10.2. The molecule has 1 amide bonds. The van der Waals surface area contributed by atoms with E-state index in [0.29, 0.717) is 17.2 Å². The van der Waals surface area contributed by atoms with Gasteiger partial charge in [-0.05, 0) is 23.6 Å². The molecular formula is C16H17NO5S. The van der Waals surface area contributed by atoms with Gasteiger partial charge < -0.3 is 19.5 Å². The van der Waals surface area contributed by atoms with Gasteiger partial charge in [0.1, 0.15) is 11.5 Å². The topological polar surface area (TPSA) is 73.9 Å². The van der Waals surface area contributed by atoms with E-state index in [1.165, 1.54) is 25.6 Å². The Kier molecular flexibility index (Phi) is 5.99. The highest BCUT2D eigenvalue weighted by Crippen LogP contribution is 2.28. The number of rotatable bonds is 7. The first-order chi connectivity index (χ1) is 11.1. The number of ether oxygens (including phenoxy) is 3. The van der Waals surface area contributed by atoms with E-state index >= 15 is 0 Å². The molecule has 0 unspecified atom stereocenters. The van der Waals surface area contributed by atoms with Gasteiger partial charge >= 0.3 is 5.97 Å². The van der Waals surface area contributed by atoms with E-state index in [2.05, 4.69) is 5.32 Å². The van der Waals surface area contributed by atoms with Crippen molar-refractivity contribution < 1.29 is 23.8 Å². The minimum Gasteiger partial charge on any atom is -0.497 e. The molecule has 23 heavy (non-hydrogen) atoms. The second-order valence-corrected chi connectivity index (χ2v) is 5.56. The Bertz CT molecular complexity index is 669. The number of methoxy groups -OCH3 is 2. The van der Waals surface area contributed by atoms with Crippen molar-refractivity contribution in [3.63, 3.8) is 0 Å². The highest BCUT2D eigenvalue weighted by Gasteiger charge is 2.12. The number of carbonyl (C=O) groups is 2. The summed E-state index contributed by atoms with van der Waals surface area (Å²) in [5.74, 6) is 0.177. The van der Waals surface area contributed by atoms with Crippen molar-refractivity contribution in [2.45, 2.75) is 6.42 Å². The first-order valence-corrected chi connectivity index (χ1v) is 7.70. The van der Waals surface area contributed by atoms with Gasteiger partial charge in [-0.1, -0.05) is 6.07 Å². The van der Waals surface area contributed by atoms with Crippen molar-refractivity contribution >= 4 is 28.9 Å². The summed E-state index contributed by atoms with van der Waals surface area (Å²) in [6.07, 6.45) is 0.160. The van der Waals surface area contributed by atoms with Crippen LogP contribution in [0.5, 0.6) is 11.5 Å². The summed E-state index contributed by atoms with van der Waals surface area (Å²) in [7, 11) is 3.03. The van der Waals surface area contributed by atoms with Crippen molar-refractivity contribution in [3.05, 3.63) is 40.6 Å². The molecule has 1 aromatic heterocycles. The summed E-state index contributed by atoms with van der Waals surface area (Å²) < 4.78 is 15.2. The zero-order chi connectivity index (χ0) is 16.7. The zero-order valence-electron chi connectivity index (χ0n) is 12.8. The number of hydrogen-bond acceptors (Lipinski definition) is 6. The van der Waals surface area contributed by atoms with Gasteiger partial charge in [0, 0.05) is 10.9 Å². The third-order valence-electron chi connectivity index (χ3n) is 2.94. The summed E-state index contributed by atoms with van der Waals surface area (Å²) in [6, 6.07) is 8.72. The number of amides is 1. The summed E-state index contributed by atoms with van der Waals surface area (Å²) in [5, 5.41) is 4.51. The highest BCUT2D eigenvalue weighted by molar-refractivity contribution is 7.10. The van der Waals surface area contributed by atoms with E-state index in [1.54, 1.807) is 18.2 Å². The maximum Gasteiger partial charge on any atom is 0.311 e. The molecule has 1 N–H and O–H groups in total. The van der Waals surface area contributed by atoms with Crippen LogP contribution in [0.25, 0.3) is 0 Å². The number of thiophene rings is 1. The molecule has 2 aromatic rings. The lowest BCUT2D eigenvalue weighted by Crippen LogP contribution is -2.21. The van der Waals surface area contributed by atoms with Gasteiger partial charge in [0.15, 0.2) is 6.61 Å². The molecule has 2 rings (SSSR count). The smallest absolute Gasteiger partial charge is 0.311 e. The number of nitrogens with one attached hydrogen (secondary N) is 1. The normalized spacial score (nSPS) is 10.0. The van der Waals surface area contributed by atoms with E-state index in [4.69, 9.17) is 14.2 Å². The van der Waals surface area contributed by atoms with Gasteiger partial charge in [0.05, 0.1) is 26.3 Å². The molecule has 7 heteroatoms. The van der Waals surface area contributed by atoms with Crippen molar-refractivity contribution in [1.29, 1.82) is 0 Å². The van der Waals surface area contributed by atoms with Crippen LogP contribution in [0.2, 0.25) is 0 Å². The Labute approximate surface area is 138 Å². The van der Waals surface area contributed by atoms with Crippen molar-refractivity contribution in [2.24, 2.45) is 0 Å². The van der Waals surface area contributed by atoms with Crippen LogP contribution < -0.4 is 14.8 Å². The predicted octanol–water partition coefficient (Wildman–Crippen LogP) is 2.49. The summed E-state index contributed by atoms with van der Waals surface area (Å²) in [6.45, 7) is -0.357. The highest BCUT2D eigenvalue weighted by atomic mass is 32.1. The van der Waals surface area contributed by atoms with E-state index in [0.717, 1.165) is 4.88 Å². The third kappa shape index (κ3) is 5.00. The Morgan fingerprint density at radius 1 is 1.17 bits per heavy atom. The molecule has 1 aromatic carbocycles. The van der Waals surface area contributed by atoms with Gasteiger partial charge in [0.2, 0.25) is 0 Å². The van der Waals surface area contributed by atoms with E-state index < -0.39 is 11.9 Å². The van der Waals surface area contributed by atoms with E-state index in [1.807, 2.05) is 17.5 Å². The van der Waals surface area contributed by atoms with Crippen LogP contribution in [0.1, 0.15) is 4.88 Å². The van der Waals surface area contributed by atoms with Crippen molar-refractivity contribution in [1.82, 2.24) is 0 Å². The molecule has 0 radical (unpaired) electrons. The first-order valence-electron chi connectivity index (χ1n) is 6.82. The number of hydrogen-bond donors (Lipinski definition) is 1. The molecule has 122 valence electrons. The molecule has 0 fully saturated rings. The fourth-order valence-electron chi connectivity index (χ4n) is 1.85. The Morgan fingerprint density at radius 3 is 2.65 bits per heavy atom. The maximum absolute atomic E-state index is 11.9. The Hall–Kier alpha value is -2.54. The fraction of sp³-hybridized carbons (Fsp3) is 0.250. The van der Waals surface area contributed by atoms with Crippen molar-refractivity contribution in [2.75, 3.05) is 26.1 Å². The predicted molar refractivity (Wildman–Crippen MR) is 87.2 cm³/mol. The van der Waals surface area contributed by atoms with Gasteiger partial charge in [-0.3, -0.25) is 9.59 Å². The molecule has 0 saturated carbocycles. The molecule has 6 nitrogen and oxygen atoms in total. The van der Waals surface area contributed by atoms with Crippen LogP contribution in [0.3, 0.4) is 0 Å². The molecule has 0 spiro atoms. The summed E-state index contributed by atoms with van der Waals surface area (Å²) in [4.78, 5) is 24.4. The Balaban J connectivity index is 1.88.